The smallest absolute Gasteiger partial charge is 0.328 e. The van der Waals surface area contributed by atoms with Gasteiger partial charge in [0, 0.05) is 37.5 Å². The van der Waals surface area contributed by atoms with Gasteiger partial charge in [-0.1, -0.05) is 6.07 Å². The maximum Gasteiger partial charge on any atom is 0.328 e. The second-order valence-corrected chi connectivity index (χ2v) is 6.40. The van der Waals surface area contributed by atoms with Crippen molar-refractivity contribution >= 4 is 11.6 Å². The lowest BCUT2D eigenvalue weighted by molar-refractivity contribution is -0.133. The van der Waals surface area contributed by atoms with Crippen LogP contribution in [0.1, 0.15) is 24.6 Å². The third-order valence-electron chi connectivity index (χ3n) is 4.68. The van der Waals surface area contributed by atoms with Gasteiger partial charge in [-0.05, 0) is 25.0 Å². The molecule has 1 saturated heterocycles. The first-order valence-corrected chi connectivity index (χ1v) is 8.49. The Morgan fingerprint density at radius 1 is 1.19 bits per heavy atom. The quantitative estimate of drug-likeness (QED) is 0.712. The summed E-state index contributed by atoms with van der Waals surface area (Å²) in [6, 6.07) is 6.96. The number of aromatic amines is 1. The zero-order valence-corrected chi connectivity index (χ0v) is 14.0. The number of nitrogens with one attached hydrogen (secondary N) is 1. The molecule has 4 rings (SSSR count). The van der Waals surface area contributed by atoms with Crippen LogP contribution >= 0.6 is 0 Å². The van der Waals surface area contributed by atoms with Crippen molar-refractivity contribution in [3.05, 3.63) is 63.3 Å². The Bertz CT molecular complexity index is 1070. The van der Waals surface area contributed by atoms with Gasteiger partial charge in [-0.3, -0.25) is 23.5 Å². The number of pyridine rings is 1. The first kappa shape index (κ1) is 16.2. The van der Waals surface area contributed by atoms with E-state index in [4.69, 9.17) is 0 Å². The highest BCUT2D eigenvalue weighted by molar-refractivity contribution is 5.76. The maximum atomic E-state index is 12.6. The molecule has 0 saturated carbocycles. The third-order valence-corrected chi connectivity index (χ3v) is 4.68. The zero-order chi connectivity index (χ0) is 18.1. The topological polar surface area (TPSA) is 105 Å². The highest BCUT2D eigenvalue weighted by Gasteiger charge is 2.28. The van der Waals surface area contributed by atoms with E-state index in [1.54, 1.807) is 4.90 Å². The van der Waals surface area contributed by atoms with Crippen LogP contribution in [0, 0.1) is 0 Å². The standard InChI is InChI=1S/C17H18N6O3/c24-14-6-9-22(17(26)18-14)11-15(25)21-7-3-4-12(10-21)16-20-19-13-5-1-2-8-23(13)16/h1-2,5-6,8-9,12H,3-4,7,10-11H2,(H,18,24,26)/t12-/m0/s1. The Labute approximate surface area is 147 Å². The summed E-state index contributed by atoms with van der Waals surface area (Å²) in [6.07, 6.45) is 5.05. The number of piperidine rings is 1. The summed E-state index contributed by atoms with van der Waals surface area (Å²) in [5.74, 6) is 0.786. The molecule has 1 atom stereocenters. The molecule has 3 aromatic rings. The van der Waals surface area contributed by atoms with Crippen LogP contribution in [0.5, 0.6) is 0 Å². The number of hydrogen-bond donors (Lipinski definition) is 1. The van der Waals surface area contributed by atoms with Gasteiger partial charge in [0.15, 0.2) is 5.65 Å². The Morgan fingerprint density at radius 3 is 2.92 bits per heavy atom. The molecule has 134 valence electrons. The number of carbonyl (C=O) groups excluding carboxylic acids is 1. The summed E-state index contributed by atoms with van der Waals surface area (Å²) in [5, 5.41) is 8.48. The SMILES string of the molecule is O=C(Cn1ccc(=O)[nH]c1=O)N1CCC[C@H](c2nnc3ccccn23)C1. The van der Waals surface area contributed by atoms with Gasteiger partial charge < -0.3 is 4.90 Å². The number of nitrogens with zero attached hydrogens (tertiary/aromatic N) is 5. The second-order valence-electron chi connectivity index (χ2n) is 6.40. The summed E-state index contributed by atoms with van der Waals surface area (Å²) >= 11 is 0. The second kappa shape index (κ2) is 6.58. The van der Waals surface area contributed by atoms with Crippen molar-refractivity contribution < 1.29 is 4.79 Å². The fourth-order valence-corrected chi connectivity index (χ4v) is 3.37. The van der Waals surface area contributed by atoms with Crippen molar-refractivity contribution in [3.63, 3.8) is 0 Å². The van der Waals surface area contributed by atoms with Crippen LogP contribution in [0.3, 0.4) is 0 Å². The summed E-state index contributed by atoms with van der Waals surface area (Å²) in [7, 11) is 0. The van der Waals surface area contributed by atoms with Crippen LogP contribution in [0.25, 0.3) is 5.65 Å². The van der Waals surface area contributed by atoms with Crippen LogP contribution in [0.4, 0.5) is 0 Å². The minimum Gasteiger partial charge on any atom is -0.340 e. The molecule has 3 aromatic heterocycles. The molecule has 0 aliphatic carbocycles. The van der Waals surface area contributed by atoms with Crippen molar-refractivity contribution in [2.45, 2.75) is 25.3 Å². The molecule has 1 amide bonds. The summed E-state index contributed by atoms with van der Waals surface area (Å²) < 4.78 is 3.16. The molecule has 9 nitrogen and oxygen atoms in total. The monoisotopic (exact) mass is 354 g/mol. The van der Waals surface area contributed by atoms with E-state index in [0.29, 0.717) is 13.1 Å². The van der Waals surface area contributed by atoms with Crippen molar-refractivity contribution in [1.82, 2.24) is 29.0 Å². The molecule has 1 aliphatic rings. The molecule has 1 N–H and O–H groups in total. The highest BCUT2D eigenvalue weighted by atomic mass is 16.2. The van der Waals surface area contributed by atoms with Gasteiger partial charge in [0.05, 0.1) is 0 Å². The first-order chi connectivity index (χ1) is 12.6. The van der Waals surface area contributed by atoms with Gasteiger partial charge in [-0.2, -0.15) is 0 Å². The van der Waals surface area contributed by atoms with Crippen LogP contribution in [-0.4, -0.2) is 48.0 Å². The van der Waals surface area contributed by atoms with E-state index in [2.05, 4.69) is 15.2 Å². The Morgan fingerprint density at radius 2 is 2.08 bits per heavy atom. The van der Waals surface area contributed by atoms with Crippen LogP contribution in [0.15, 0.2) is 46.2 Å². The lowest BCUT2D eigenvalue weighted by atomic mass is 9.97. The number of aromatic nitrogens is 5. The van der Waals surface area contributed by atoms with E-state index in [9.17, 15) is 14.4 Å². The Kier molecular flexibility index (Phi) is 4.11. The molecule has 9 heteroatoms. The van der Waals surface area contributed by atoms with E-state index >= 15 is 0 Å². The van der Waals surface area contributed by atoms with Crippen molar-refractivity contribution in [2.24, 2.45) is 0 Å². The van der Waals surface area contributed by atoms with Gasteiger partial charge in [0.2, 0.25) is 5.91 Å². The van der Waals surface area contributed by atoms with Crippen LogP contribution in [-0.2, 0) is 11.3 Å². The normalized spacial score (nSPS) is 17.5. The highest BCUT2D eigenvalue weighted by Crippen LogP contribution is 2.26. The fourth-order valence-electron chi connectivity index (χ4n) is 3.37. The van der Waals surface area contributed by atoms with Gasteiger partial charge in [-0.15, -0.1) is 10.2 Å². The summed E-state index contributed by atoms with van der Waals surface area (Å²) in [5.41, 5.74) is -0.274. The Balaban J connectivity index is 1.52. The number of carbonyl (C=O) groups is 1. The minimum atomic E-state index is -0.581. The van der Waals surface area contributed by atoms with E-state index < -0.39 is 11.2 Å². The molecule has 4 heterocycles. The first-order valence-electron chi connectivity index (χ1n) is 8.49. The molecule has 0 unspecified atom stereocenters. The molecular formula is C17H18N6O3. The fraction of sp³-hybridized carbons (Fsp3) is 0.353. The number of rotatable bonds is 3. The number of fused-ring (bicyclic) bond motifs is 1. The maximum absolute atomic E-state index is 12.6. The van der Waals surface area contributed by atoms with Gasteiger partial charge in [0.1, 0.15) is 12.4 Å². The van der Waals surface area contributed by atoms with Gasteiger partial charge in [-0.25, -0.2) is 4.79 Å². The third kappa shape index (κ3) is 3.03. The Hall–Kier alpha value is -3.23. The molecule has 26 heavy (non-hydrogen) atoms. The number of amides is 1. The van der Waals surface area contributed by atoms with Crippen molar-refractivity contribution in [2.75, 3.05) is 13.1 Å². The van der Waals surface area contributed by atoms with E-state index in [1.807, 2.05) is 28.8 Å². The van der Waals surface area contributed by atoms with E-state index in [-0.39, 0.29) is 18.4 Å². The average Bonchev–Trinajstić information content (AvgIpc) is 3.08. The average molecular weight is 354 g/mol. The molecule has 1 aliphatic heterocycles. The zero-order valence-electron chi connectivity index (χ0n) is 14.0. The van der Waals surface area contributed by atoms with Gasteiger partial charge in [0.25, 0.3) is 5.56 Å². The molecule has 0 radical (unpaired) electrons. The van der Waals surface area contributed by atoms with Crippen LogP contribution < -0.4 is 11.2 Å². The largest absolute Gasteiger partial charge is 0.340 e. The van der Waals surface area contributed by atoms with Gasteiger partial charge >= 0.3 is 5.69 Å². The predicted octanol–water partition coefficient (Wildman–Crippen LogP) is -0.0145. The molecule has 0 bridgehead atoms. The van der Waals surface area contributed by atoms with Crippen LogP contribution in [0.2, 0.25) is 0 Å². The number of hydrogen-bond acceptors (Lipinski definition) is 5. The minimum absolute atomic E-state index is 0.0943. The van der Waals surface area contributed by atoms with E-state index in [0.717, 1.165) is 24.3 Å². The van der Waals surface area contributed by atoms with Crippen molar-refractivity contribution in [3.8, 4) is 0 Å². The predicted molar refractivity (Wildman–Crippen MR) is 92.9 cm³/mol. The summed E-state index contributed by atoms with van der Waals surface area (Å²) in [4.78, 5) is 39.4. The molecule has 0 spiro atoms. The summed E-state index contributed by atoms with van der Waals surface area (Å²) in [6.45, 7) is 1.08. The molecule has 0 aromatic carbocycles. The number of likely N-dealkylation sites (tertiary alicyclic amines) is 1. The number of H-pyrrole nitrogens is 1. The van der Waals surface area contributed by atoms with Crippen molar-refractivity contribution in [1.29, 1.82) is 0 Å². The van der Waals surface area contributed by atoms with E-state index in [1.165, 1.54) is 16.8 Å². The molecule has 1 fully saturated rings. The lowest BCUT2D eigenvalue weighted by Gasteiger charge is -2.32. The molecular weight excluding hydrogens is 336 g/mol. The lowest BCUT2D eigenvalue weighted by Crippen LogP contribution is -2.43.